The number of nitrogens with one attached hydrogen (secondary N) is 3. The minimum absolute atomic E-state index is 0.245. The average Bonchev–Trinajstić information content (AvgIpc) is 3.03. The van der Waals surface area contributed by atoms with E-state index < -0.39 is 12.2 Å². The van der Waals surface area contributed by atoms with Gasteiger partial charge in [-0.05, 0) is 12.1 Å². The standard InChI is InChI=1S/C24H20B.C12H18N4O2/c1-5-13-21(14-6-1)25(22-15-7-2-8-16-22,23-17-9-3-10-18-23)24-19-11-4-12-20-24;1-16(2,3)9-11(17)14-15-12(18)13-10-7-5-4-6-8-10/h1-20H;4-8H,9H2,1-3H3,(H2-,13,14,15,17,18)/q-1;/p+1. The normalized spacial score (nSPS) is 11.0. The Morgan fingerprint density at radius 3 is 1.16 bits per heavy atom. The second-order valence-electron chi connectivity index (χ2n) is 11.5. The van der Waals surface area contributed by atoms with Crippen molar-refractivity contribution in [1.82, 2.24) is 10.9 Å². The molecule has 0 bridgehead atoms. The fourth-order valence-corrected chi connectivity index (χ4v) is 5.40. The molecule has 5 aromatic rings. The van der Waals surface area contributed by atoms with Crippen LogP contribution in [0.25, 0.3) is 0 Å². The zero-order chi connectivity index (χ0) is 30.5. The molecular weight excluding hydrogens is 531 g/mol. The number of carbonyl (C=O) groups excluding carboxylic acids is 2. The Labute approximate surface area is 254 Å². The molecule has 0 heterocycles. The van der Waals surface area contributed by atoms with Gasteiger partial charge in [-0.15, -0.1) is 0 Å². The third-order valence-corrected chi connectivity index (χ3v) is 7.16. The summed E-state index contributed by atoms with van der Waals surface area (Å²) in [5.41, 5.74) is 10.7. The van der Waals surface area contributed by atoms with Gasteiger partial charge >= 0.3 is 6.03 Å². The summed E-state index contributed by atoms with van der Waals surface area (Å²) in [5, 5.41) is 2.59. The first-order chi connectivity index (χ1) is 20.8. The molecule has 0 atom stereocenters. The van der Waals surface area contributed by atoms with E-state index in [4.69, 9.17) is 0 Å². The number of amides is 3. The van der Waals surface area contributed by atoms with E-state index in [9.17, 15) is 9.59 Å². The lowest BCUT2D eigenvalue weighted by Gasteiger charge is -2.44. The van der Waals surface area contributed by atoms with Gasteiger partial charge in [0.1, 0.15) is 6.15 Å². The number of hydrogen-bond donors (Lipinski definition) is 3. The van der Waals surface area contributed by atoms with Crippen molar-refractivity contribution in [2.75, 3.05) is 33.0 Å². The highest BCUT2D eigenvalue weighted by Gasteiger charge is 2.31. The molecule has 43 heavy (non-hydrogen) atoms. The molecule has 0 aliphatic rings. The summed E-state index contributed by atoms with van der Waals surface area (Å²) in [6, 6.07) is 52.0. The third kappa shape index (κ3) is 8.44. The summed E-state index contributed by atoms with van der Waals surface area (Å²) in [6.07, 6.45) is -1.22. The molecule has 7 heteroatoms. The summed E-state index contributed by atoms with van der Waals surface area (Å²) < 4.78 is 0.494. The van der Waals surface area contributed by atoms with E-state index in [1.807, 2.05) is 39.3 Å². The van der Waals surface area contributed by atoms with Crippen molar-refractivity contribution in [3.05, 3.63) is 152 Å². The first kappa shape index (κ1) is 30.8. The van der Waals surface area contributed by atoms with Crippen LogP contribution in [0.1, 0.15) is 0 Å². The van der Waals surface area contributed by atoms with Crippen LogP contribution in [0.5, 0.6) is 0 Å². The van der Waals surface area contributed by atoms with E-state index in [0.717, 1.165) is 0 Å². The van der Waals surface area contributed by atoms with Gasteiger partial charge in [0.05, 0.1) is 21.1 Å². The predicted molar refractivity (Wildman–Crippen MR) is 180 cm³/mol. The molecule has 5 rings (SSSR count). The second-order valence-corrected chi connectivity index (χ2v) is 11.5. The number of hydrogen-bond acceptors (Lipinski definition) is 2. The number of nitrogens with zero attached hydrogens (tertiary/aromatic N) is 1. The van der Waals surface area contributed by atoms with E-state index >= 15 is 0 Å². The van der Waals surface area contributed by atoms with Crippen molar-refractivity contribution in [2.45, 2.75) is 0 Å². The SMILES string of the molecule is C[N+](C)(C)CC(=O)NNC(=O)Nc1ccccc1.c1ccc([B-](c2ccccc2)(c2ccccc2)c2ccccc2)cc1. The maximum Gasteiger partial charge on any atom is 0.337 e. The van der Waals surface area contributed by atoms with Crippen molar-refractivity contribution in [1.29, 1.82) is 0 Å². The molecule has 0 fully saturated rings. The van der Waals surface area contributed by atoms with Crippen LogP contribution in [0.4, 0.5) is 10.5 Å². The maximum absolute atomic E-state index is 11.4. The lowest BCUT2D eigenvalue weighted by Crippen LogP contribution is -2.74. The number of likely N-dealkylation sites (N-methyl/N-ethyl adjacent to an activating group) is 1. The van der Waals surface area contributed by atoms with Gasteiger partial charge in [0, 0.05) is 5.69 Å². The molecular formula is C36H39BN4O2. The fourth-order valence-electron chi connectivity index (χ4n) is 5.40. The highest BCUT2D eigenvalue weighted by molar-refractivity contribution is 7.19. The van der Waals surface area contributed by atoms with E-state index in [0.29, 0.717) is 10.2 Å². The van der Waals surface area contributed by atoms with Crippen molar-refractivity contribution in [3.63, 3.8) is 0 Å². The monoisotopic (exact) mass is 570 g/mol. The van der Waals surface area contributed by atoms with Crippen molar-refractivity contribution in [3.8, 4) is 0 Å². The van der Waals surface area contributed by atoms with Gasteiger partial charge in [0.2, 0.25) is 0 Å². The average molecular weight is 571 g/mol. The van der Waals surface area contributed by atoms with E-state index in [2.05, 4.69) is 137 Å². The van der Waals surface area contributed by atoms with Crippen molar-refractivity contribution >= 4 is 45.6 Å². The maximum atomic E-state index is 11.4. The van der Waals surface area contributed by atoms with Gasteiger partial charge in [-0.1, -0.05) is 140 Å². The summed E-state index contributed by atoms with van der Waals surface area (Å²) in [4.78, 5) is 22.9. The molecule has 0 saturated heterocycles. The van der Waals surface area contributed by atoms with E-state index in [1.54, 1.807) is 12.1 Å². The number of hydrazine groups is 1. The molecule has 218 valence electrons. The Morgan fingerprint density at radius 2 is 0.837 bits per heavy atom. The van der Waals surface area contributed by atoms with Crippen LogP contribution in [-0.4, -0.2) is 50.3 Å². The molecule has 3 N–H and O–H groups in total. The predicted octanol–water partition coefficient (Wildman–Crippen LogP) is 3.61. The minimum atomic E-state index is -1.22. The summed E-state index contributed by atoms with van der Waals surface area (Å²) in [6.45, 7) is 0.283. The zero-order valence-electron chi connectivity index (χ0n) is 25.0. The molecule has 0 aliphatic carbocycles. The molecule has 5 aromatic carbocycles. The fraction of sp³-hybridized carbons (Fsp3) is 0.111. The van der Waals surface area contributed by atoms with Gasteiger partial charge in [0.25, 0.3) is 5.91 Å². The van der Waals surface area contributed by atoms with Crippen molar-refractivity contribution in [2.24, 2.45) is 0 Å². The second kappa shape index (κ2) is 14.7. The molecule has 0 aromatic heterocycles. The van der Waals surface area contributed by atoms with Crippen LogP contribution < -0.4 is 38.0 Å². The number of para-hydroxylation sites is 1. The van der Waals surface area contributed by atoms with Crippen LogP contribution >= 0.6 is 0 Å². The molecule has 0 spiro atoms. The summed E-state index contributed by atoms with van der Waals surface area (Å²) >= 11 is 0. The number of quaternary nitrogens is 1. The molecule has 3 amide bonds. The van der Waals surface area contributed by atoms with Crippen molar-refractivity contribution < 1.29 is 14.1 Å². The smallest absolute Gasteiger partial charge is 0.323 e. The summed E-state index contributed by atoms with van der Waals surface area (Å²) in [5.74, 6) is -0.245. The molecule has 6 nitrogen and oxygen atoms in total. The molecule has 0 unspecified atom stereocenters. The Bertz CT molecular complexity index is 1400. The van der Waals surface area contributed by atoms with Gasteiger partial charge in [0.15, 0.2) is 6.54 Å². The van der Waals surface area contributed by atoms with E-state index in [1.165, 1.54) is 21.9 Å². The Kier molecular flexibility index (Phi) is 10.5. The van der Waals surface area contributed by atoms with Gasteiger partial charge in [-0.3, -0.25) is 10.2 Å². The van der Waals surface area contributed by atoms with Crippen LogP contribution in [0.2, 0.25) is 0 Å². The summed E-state index contributed by atoms with van der Waals surface area (Å²) in [7, 11) is 5.68. The van der Waals surface area contributed by atoms with Gasteiger partial charge in [-0.25, -0.2) is 10.2 Å². The number of carbonyl (C=O) groups is 2. The minimum Gasteiger partial charge on any atom is -0.323 e. The van der Waals surface area contributed by atoms with Gasteiger partial charge in [-0.2, -0.15) is 21.9 Å². The van der Waals surface area contributed by atoms with Gasteiger partial charge < -0.3 is 9.80 Å². The quantitative estimate of drug-likeness (QED) is 0.159. The number of rotatable bonds is 7. The zero-order valence-corrected chi connectivity index (χ0v) is 25.0. The number of benzene rings is 5. The van der Waals surface area contributed by atoms with Crippen LogP contribution in [0.3, 0.4) is 0 Å². The number of urea groups is 1. The van der Waals surface area contributed by atoms with Crippen LogP contribution in [0.15, 0.2) is 152 Å². The Hall–Kier alpha value is -5.14. The highest BCUT2D eigenvalue weighted by Crippen LogP contribution is 2.09. The van der Waals surface area contributed by atoms with Crippen LogP contribution in [-0.2, 0) is 4.79 Å². The highest BCUT2D eigenvalue weighted by atomic mass is 16.2. The molecule has 0 aliphatic heterocycles. The molecule has 0 saturated carbocycles. The number of anilines is 1. The molecule has 0 radical (unpaired) electrons. The first-order valence-electron chi connectivity index (χ1n) is 14.4. The Morgan fingerprint density at radius 1 is 0.512 bits per heavy atom. The Balaban J connectivity index is 0.000000209. The third-order valence-electron chi connectivity index (χ3n) is 7.16. The van der Waals surface area contributed by atoms with E-state index in [-0.39, 0.29) is 12.5 Å². The topological polar surface area (TPSA) is 70.2 Å². The first-order valence-corrected chi connectivity index (χ1v) is 14.4. The van der Waals surface area contributed by atoms with Crippen LogP contribution in [0, 0.1) is 0 Å². The largest absolute Gasteiger partial charge is 0.337 e. The lowest BCUT2D eigenvalue weighted by atomic mass is 9.13. The lowest BCUT2D eigenvalue weighted by molar-refractivity contribution is -0.862.